The summed E-state index contributed by atoms with van der Waals surface area (Å²) >= 11 is 5.90. The van der Waals surface area contributed by atoms with Crippen molar-refractivity contribution in [1.82, 2.24) is 15.0 Å². The average molecular weight is 266 g/mol. The number of ether oxygens (including phenoxy) is 1. The second-order valence-electron chi connectivity index (χ2n) is 3.41. The number of anilines is 1. The minimum Gasteiger partial charge on any atom is -0.476 e. The number of hydrogen-bond acceptors (Lipinski definition) is 6. The van der Waals surface area contributed by atoms with Gasteiger partial charge in [0.25, 0.3) is 0 Å². The summed E-state index contributed by atoms with van der Waals surface area (Å²) < 4.78 is 5.46. The van der Waals surface area contributed by atoms with Crippen molar-refractivity contribution >= 4 is 17.5 Å². The second kappa shape index (κ2) is 6.13. The first-order chi connectivity index (χ1) is 8.79. The number of nitrogens with zero attached hydrogens (tertiary/aromatic N) is 3. The van der Waals surface area contributed by atoms with E-state index in [0.717, 1.165) is 5.69 Å². The van der Waals surface area contributed by atoms with E-state index in [1.165, 1.54) is 6.20 Å². The lowest BCUT2D eigenvalue weighted by atomic mass is 10.3. The van der Waals surface area contributed by atoms with E-state index >= 15 is 0 Å². The van der Waals surface area contributed by atoms with Gasteiger partial charge in [-0.05, 0) is 12.1 Å². The molecule has 94 valence electrons. The van der Waals surface area contributed by atoms with Gasteiger partial charge in [0.1, 0.15) is 5.02 Å². The Balaban J connectivity index is 1.94. The number of hydrazine groups is 1. The third kappa shape index (κ3) is 3.28. The normalized spacial score (nSPS) is 10.1. The van der Waals surface area contributed by atoms with E-state index in [-0.39, 0.29) is 5.95 Å². The Bertz CT molecular complexity index is 508. The largest absolute Gasteiger partial charge is 0.476 e. The van der Waals surface area contributed by atoms with Crippen LogP contribution in [0, 0.1) is 0 Å². The zero-order chi connectivity index (χ0) is 12.8. The summed E-state index contributed by atoms with van der Waals surface area (Å²) in [5.74, 6) is 5.76. The zero-order valence-corrected chi connectivity index (χ0v) is 10.3. The van der Waals surface area contributed by atoms with E-state index in [0.29, 0.717) is 23.9 Å². The molecular weight excluding hydrogens is 254 g/mol. The molecule has 0 spiro atoms. The van der Waals surface area contributed by atoms with Gasteiger partial charge < -0.3 is 4.74 Å². The molecular formula is C11H12ClN5O. The first-order valence-corrected chi connectivity index (χ1v) is 5.69. The van der Waals surface area contributed by atoms with Crippen molar-refractivity contribution in [3.63, 3.8) is 0 Å². The smallest absolute Gasteiger partial charge is 0.240 e. The topological polar surface area (TPSA) is 86.0 Å². The number of nitrogen functional groups attached to an aromatic ring is 1. The van der Waals surface area contributed by atoms with E-state index in [1.54, 1.807) is 6.20 Å². The zero-order valence-electron chi connectivity index (χ0n) is 9.51. The standard InChI is InChI=1S/C11H12ClN5O/c12-9-7-15-11(17-13)16-10(9)18-6-4-8-3-1-2-5-14-8/h1-3,5,7H,4,6,13H2,(H,15,16,17). The quantitative estimate of drug-likeness (QED) is 0.628. The van der Waals surface area contributed by atoms with Gasteiger partial charge in [0, 0.05) is 18.3 Å². The van der Waals surface area contributed by atoms with Gasteiger partial charge in [0.2, 0.25) is 11.8 Å². The van der Waals surface area contributed by atoms with Crippen LogP contribution in [0.15, 0.2) is 30.6 Å². The van der Waals surface area contributed by atoms with E-state index in [1.807, 2.05) is 18.2 Å². The average Bonchev–Trinajstić information content (AvgIpc) is 2.42. The molecule has 2 aromatic heterocycles. The fourth-order valence-corrected chi connectivity index (χ4v) is 1.47. The SMILES string of the molecule is NNc1ncc(Cl)c(OCCc2ccccn2)n1. The van der Waals surface area contributed by atoms with Crippen LogP contribution in [-0.2, 0) is 6.42 Å². The summed E-state index contributed by atoms with van der Waals surface area (Å²) in [7, 11) is 0. The summed E-state index contributed by atoms with van der Waals surface area (Å²) in [5, 5.41) is 0.343. The molecule has 0 aromatic carbocycles. The van der Waals surface area contributed by atoms with Gasteiger partial charge in [0.15, 0.2) is 0 Å². The highest BCUT2D eigenvalue weighted by Gasteiger charge is 2.06. The number of hydrogen-bond donors (Lipinski definition) is 2. The summed E-state index contributed by atoms with van der Waals surface area (Å²) in [6.07, 6.45) is 3.84. The van der Waals surface area contributed by atoms with Crippen molar-refractivity contribution in [3.05, 3.63) is 41.3 Å². The molecule has 2 rings (SSSR count). The Morgan fingerprint density at radius 2 is 2.22 bits per heavy atom. The summed E-state index contributed by atoms with van der Waals surface area (Å²) in [5.41, 5.74) is 3.27. The number of aromatic nitrogens is 3. The van der Waals surface area contributed by atoms with Crippen LogP contribution in [0.1, 0.15) is 5.69 Å². The minimum atomic E-state index is 0.257. The van der Waals surface area contributed by atoms with Crippen molar-refractivity contribution in [1.29, 1.82) is 0 Å². The van der Waals surface area contributed by atoms with Gasteiger partial charge in [0.05, 0.1) is 12.8 Å². The lowest BCUT2D eigenvalue weighted by Gasteiger charge is -2.07. The third-order valence-corrected chi connectivity index (χ3v) is 2.42. The molecule has 3 N–H and O–H groups in total. The van der Waals surface area contributed by atoms with E-state index in [9.17, 15) is 0 Å². The molecule has 2 heterocycles. The van der Waals surface area contributed by atoms with Crippen LogP contribution in [0.5, 0.6) is 5.88 Å². The van der Waals surface area contributed by atoms with E-state index < -0.39 is 0 Å². The molecule has 0 aliphatic rings. The maximum Gasteiger partial charge on any atom is 0.240 e. The van der Waals surface area contributed by atoms with Crippen molar-refractivity contribution in [2.45, 2.75) is 6.42 Å². The van der Waals surface area contributed by atoms with Crippen molar-refractivity contribution in [2.24, 2.45) is 5.84 Å². The van der Waals surface area contributed by atoms with Crippen molar-refractivity contribution in [3.8, 4) is 5.88 Å². The molecule has 0 saturated heterocycles. The van der Waals surface area contributed by atoms with Crippen LogP contribution in [-0.4, -0.2) is 21.6 Å². The highest BCUT2D eigenvalue weighted by atomic mass is 35.5. The molecule has 0 amide bonds. The van der Waals surface area contributed by atoms with Gasteiger partial charge in [-0.1, -0.05) is 17.7 Å². The third-order valence-electron chi connectivity index (χ3n) is 2.16. The Morgan fingerprint density at radius 1 is 1.33 bits per heavy atom. The maximum atomic E-state index is 5.90. The molecule has 0 bridgehead atoms. The summed E-state index contributed by atoms with van der Waals surface area (Å²) in [6, 6.07) is 5.72. The van der Waals surface area contributed by atoms with Gasteiger partial charge in [-0.2, -0.15) is 4.98 Å². The van der Waals surface area contributed by atoms with Crippen LogP contribution in [0.25, 0.3) is 0 Å². The molecule has 0 saturated carbocycles. The highest BCUT2D eigenvalue weighted by molar-refractivity contribution is 6.31. The summed E-state index contributed by atoms with van der Waals surface area (Å²) in [6.45, 7) is 0.428. The van der Waals surface area contributed by atoms with Crippen LogP contribution < -0.4 is 16.0 Å². The Morgan fingerprint density at radius 3 is 2.94 bits per heavy atom. The Hall–Kier alpha value is -1.92. The Labute approximate surface area is 109 Å². The lowest BCUT2D eigenvalue weighted by molar-refractivity contribution is 0.308. The minimum absolute atomic E-state index is 0.257. The molecule has 0 aliphatic heterocycles. The molecule has 0 aliphatic carbocycles. The van der Waals surface area contributed by atoms with Gasteiger partial charge in [-0.15, -0.1) is 0 Å². The van der Waals surface area contributed by atoms with E-state index in [2.05, 4.69) is 20.4 Å². The number of nitrogens with one attached hydrogen (secondary N) is 1. The van der Waals surface area contributed by atoms with Gasteiger partial charge >= 0.3 is 0 Å². The fraction of sp³-hybridized carbons (Fsp3) is 0.182. The molecule has 6 nitrogen and oxygen atoms in total. The molecule has 7 heteroatoms. The molecule has 0 radical (unpaired) electrons. The second-order valence-corrected chi connectivity index (χ2v) is 3.82. The van der Waals surface area contributed by atoms with Gasteiger partial charge in [-0.3, -0.25) is 10.4 Å². The number of rotatable bonds is 5. The predicted molar refractivity (Wildman–Crippen MR) is 68.3 cm³/mol. The summed E-state index contributed by atoms with van der Waals surface area (Å²) in [4.78, 5) is 12.0. The first-order valence-electron chi connectivity index (χ1n) is 5.31. The van der Waals surface area contributed by atoms with Crippen LogP contribution in [0.4, 0.5) is 5.95 Å². The predicted octanol–water partition coefficient (Wildman–Crippen LogP) is 1.43. The molecule has 0 unspecified atom stereocenters. The number of halogens is 1. The Kier molecular flexibility index (Phi) is 4.27. The maximum absolute atomic E-state index is 5.90. The lowest BCUT2D eigenvalue weighted by Crippen LogP contribution is -2.12. The number of nitrogens with two attached hydrogens (primary N) is 1. The van der Waals surface area contributed by atoms with E-state index in [4.69, 9.17) is 22.2 Å². The monoisotopic (exact) mass is 265 g/mol. The fourth-order valence-electron chi connectivity index (χ4n) is 1.32. The highest BCUT2D eigenvalue weighted by Crippen LogP contribution is 2.21. The molecule has 0 atom stereocenters. The van der Waals surface area contributed by atoms with Crippen LogP contribution >= 0.6 is 11.6 Å². The van der Waals surface area contributed by atoms with Crippen LogP contribution in [0.2, 0.25) is 5.02 Å². The van der Waals surface area contributed by atoms with Crippen molar-refractivity contribution in [2.75, 3.05) is 12.0 Å². The molecule has 0 fully saturated rings. The molecule has 18 heavy (non-hydrogen) atoms. The van der Waals surface area contributed by atoms with Crippen LogP contribution in [0.3, 0.4) is 0 Å². The first kappa shape index (κ1) is 12.5. The molecule has 2 aromatic rings. The number of pyridine rings is 1. The van der Waals surface area contributed by atoms with Gasteiger partial charge in [-0.25, -0.2) is 10.8 Å². The van der Waals surface area contributed by atoms with Crippen molar-refractivity contribution < 1.29 is 4.74 Å².